The summed E-state index contributed by atoms with van der Waals surface area (Å²) in [5.74, 6) is -0.894. The number of anilines is 1. The summed E-state index contributed by atoms with van der Waals surface area (Å²) in [4.78, 5) is 28.8. The molecule has 0 radical (unpaired) electrons. The van der Waals surface area contributed by atoms with Crippen LogP contribution in [0.2, 0.25) is 0 Å². The van der Waals surface area contributed by atoms with Crippen molar-refractivity contribution in [3.8, 4) is 11.6 Å². The Bertz CT molecular complexity index is 965. The number of ether oxygens (including phenoxy) is 1. The summed E-state index contributed by atoms with van der Waals surface area (Å²) in [6.45, 7) is 2.25. The molecule has 3 aromatic rings. The number of nitrogens with one attached hydrogen (secondary N) is 1. The van der Waals surface area contributed by atoms with Gasteiger partial charge in [0, 0.05) is 6.20 Å². The van der Waals surface area contributed by atoms with Gasteiger partial charge >= 0.3 is 0 Å². The van der Waals surface area contributed by atoms with Gasteiger partial charge in [0.15, 0.2) is 5.56 Å². The molecule has 3 rings (SSSR count). The molecule has 0 aliphatic rings. The zero-order valence-electron chi connectivity index (χ0n) is 12.9. The van der Waals surface area contributed by atoms with Crippen molar-refractivity contribution in [2.75, 3.05) is 11.9 Å². The van der Waals surface area contributed by atoms with Crippen LogP contribution in [0, 0.1) is 0 Å². The molecular weight excluding hydrogens is 310 g/mol. The van der Waals surface area contributed by atoms with E-state index in [-0.39, 0.29) is 5.65 Å². The van der Waals surface area contributed by atoms with Gasteiger partial charge in [0.05, 0.1) is 12.3 Å². The Labute approximate surface area is 137 Å². The number of fused-ring (bicyclic) bond motifs is 1. The van der Waals surface area contributed by atoms with E-state index in [0.29, 0.717) is 18.0 Å². The van der Waals surface area contributed by atoms with Crippen LogP contribution in [-0.4, -0.2) is 27.0 Å². The first kappa shape index (κ1) is 15.5. The molecule has 7 nitrogen and oxygen atoms in total. The summed E-state index contributed by atoms with van der Waals surface area (Å²) in [5.41, 5.74) is -0.415. The largest absolute Gasteiger partial charge is 0.493 e. The number of carbonyl (C=O) groups is 1. The first-order chi connectivity index (χ1) is 11.6. The van der Waals surface area contributed by atoms with Crippen molar-refractivity contribution in [3.63, 3.8) is 0 Å². The highest BCUT2D eigenvalue weighted by Gasteiger charge is 2.20. The van der Waals surface area contributed by atoms with Gasteiger partial charge in [0.25, 0.3) is 11.5 Å². The summed E-state index contributed by atoms with van der Waals surface area (Å²) >= 11 is 0. The molecule has 1 amide bonds. The second-order valence-corrected chi connectivity index (χ2v) is 4.93. The smallest absolute Gasteiger partial charge is 0.274 e. The number of pyridine rings is 1. The Morgan fingerprint density at radius 2 is 2.00 bits per heavy atom. The molecule has 7 heteroatoms. The Balaban J connectivity index is 2.02. The van der Waals surface area contributed by atoms with E-state index in [1.54, 1.807) is 42.5 Å². The molecule has 122 valence electrons. The van der Waals surface area contributed by atoms with Crippen molar-refractivity contribution in [3.05, 3.63) is 64.6 Å². The zero-order chi connectivity index (χ0) is 17.1. The molecule has 0 fully saturated rings. The number of benzene rings is 1. The van der Waals surface area contributed by atoms with E-state index < -0.39 is 22.9 Å². The predicted octanol–water partition coefficient (Wildman–Crippen LogP) is 2.05. The molecule has 2 heterocycles. The molecule has 0 saturated carbocycles. The lowest BCUT2D eigenvalue weighted by Gasteiger charge is -2.11. The van der Waals surface area contributed by atoms with E-state index in [1.165, 1.54) is 10.6 Å². The maximum absolute atomic E-state index is 12.5. The highest BCUT2D eigenvalue weighted by molar-refractivity contribution is 6.06. The topological polar surface area (TPSA) is 92.9 Å². The SMILES string of the molecule is CCOc1ccccc1NC(=O)c1c(O)nc2ccccn2c1=O. The number of hydrogen-bond acceptors (Lipinski definition) is 5. The fourth-order valence-electron chi connectivity index (χ4n) is 2.31. The lowest BCUT2D eigenvalue weighted by atomic mass is 10.2. The summed E-state index contributed by atoms with van der Waals surface area (Å²) < 4.78 is 6.63. The summed E-state index contributed by atoms with van der Waals surface area (Å²) in [5, 5.41) is 12.6. The van der Waals surface area contributed by atoms with Crippen molar-refractivity contribution >= 4 is 17.2 Å². The monoisotopic (exact) mass is 325 g/mol. The van der Waals surface area contributed by atoms with E-state index in [1.807, 2.05) is 6.92 Å². The fraction of sp³-hybridized carbons (Fsp3) is 0.118. The van der Waals surface area contributed by atoms with Crippen LogP contribution in [0.5, 0.6) is 11.6 Å². The Morgan fingerprint density at radius 3 is 2.79 bits per heavy atom. The minimum absolute atomic E-state index is 0.256. The highest BCUT2D eigenvalue weighted by Crippen LogP contribution is 2.24. The molecule has 0 atom stereocenters. The summed E-state index contributed by atoms with van der Waals surface area (Å²) in [6.07, 6.45) is 1.48. The van der Waals surface area contributed by atoms with Gasteiger partial charge in [-0.2, -0.15) is 4.98 Å². The maximum Gasteiger partial charge on any atom is 0.274 e. The minimum atomic E-state index is -0.754. The predicted molar refractivity (Wildman–Crippen MR) is 88.7 cm³/mol. The van der Waals surface area contributed by atoms with Gasteiger partial charge in [-0.1, -0.05) is 18.2 Å². The van der Waals surface area contributed by atoms with Crippen LogP contribution >= 0.6 is 0 Å². The summed E-state index contributed by atoms with van der Waals surface area (Å²) in [6, 6.07) is 11.7. The van der Waals surface area contributed by atoms with E-state index in [4.69, 9.17) is 4.74 Å². The van der Waals surface area contributed by atoms with Gasteiger partial charge in [0.2, 0.25) is 5.88 Å². The minimum Gasteiger partial charge on any atom is -0.493 e. The van der Waals surface area contributed by atoms with E-state index in [2.05, 4.69) is 10.3 Å². The van der Waals surface area contributed by atoms with E-state index in [0.717, 1.165) is 0 Å². The maximum atomic E-state index is 12.5. The third kappa shape index (κ3) is 2.79. The Hall–Kier alpha value is -3.35. The van der Waals surface area contributed by atoms with E-state index >= 15 is 0 Å². The number of rotatable bonds is 4. The molecule has 0 unspecified atom stereocenters. The zero-order valence-corrected chi connectivity index (χ0v) is 12.9. The Morgan fingerprint density at radius 1 is 1.25 bits per heavy atom. The van der Waals surface area contributed by atoms with Crippen LogP contribution in [0.3, 0.4) is 0 Å². The third-order valence-corrected chi connectivity index (χ3v) is 3.38. The van der Waals surface area contributed by atoms with Crippen molar-refractivity contribution in [2.45, 2.75) is 6.92 Å². The van der Waals surface area contributed by atoms with Crippen LogP contribution in [0.4, 0.5) is 5.69 Å². The molecule has 2 N–H and O–H groups in total. The third-order valence-electron chi connectivity index (χ3n) is 3.38. The number of nitrogens with zero attached hydrogens (tertiary/aromatic N) is 2. The van der Waals surface area contributed by atoms with Crippen molar-refractivity contribution in [2.24, 2.45) is 0 Å². The molecule has 0 aliphatic carbocycles. The number of aromatic hydroxyl groups is 1. The standard InChI is InChI=1S/C17H15N3O4/c1-2-24-12-8-4-3-7-11(12)18-15(21)14-16(22)19-13-9-5-6-10-20(13)17(14)23/h3-10,22H,2H2,1H3,(H,18,21). The van der Waals surface area contributed by atoms with Gasteiger partial charge in [0.1, 0.15) is 11.4 Å². The van der Waals surface area contributed by atoms with Crippen LogP contribution < -0.4 is 15.6 Å². The summed E-state index contributed by atoms with van der Waals surface area (Å²) in [7, 11) is 0. The van der Waals surface area contributed by atoms with Crippen molar-refractivity contribution in [1.29, 1.82) is 0 Å². The lowest BCUT2D eigenvalue weighted by Crippen LogP contribution is -2.27. The highest BCUT2D eigenvalue weighted by atomic mass is 16.5. The van der Waals surface area contributed by atoms with Crippen LogP contribution in [0.15, 0.2) is 53.5 Å². The van der Waals surface area contributed by atoms with Gasteiger partial charge in [-0.15, -0.1) is 0 Å². The van der Waals surface area contributed by atoms with Crippen LogP contribution in [-0.2, 0) is 0 Å². The second-order valence-electron chi connectivity index (χ2n) is 4.93. The van der Waals surface area contributed by atoms with Crippen molar-refractivity contribution < 1.29 is 14.6 Å². The Kier molecular flexibility index (Phi) is 4.15. The average molecular weight is 325 g/mol. The molecule has 0 bridgehead atoms. The van der Waals surface area contributed by atoms with Gasteiger partial charge in [-0.25, -0.2) is 0 Å². The molecule has 1 aromatic carbocycles. The fourth-order valence-corrected chi connectivity index (χ4v) is 2.31. The molecule has 2 aromatic heterocycles. The molecule has 24 heavy (non-hydrogen) atoms. The first-order valence-electron chi connectivity index (χ1n) is 7.35. The van der Waals surface area contributed by atoms with E-state index in [9.17, 15) is 14.7 Å². The normalized spacial score (nSPS) is 10.5. The number of para-hydroxylation sites is 2. The first-order valence-corrected chi connectivity index (χ1v) is 7.35. The molecule has 0 aliphatic heterocycles. The number of hydrogen-bond donors (Lipinski definition) is 2. The quantitative estimate of drug-likeness (QED) is 0.766. The number of aromatic nitrogens is 2. The van der Waals surface area contributed by atoms with Gasteiger partial charge < -0.3 is 15.2 Å². The van der Waals surface area contributed by atoms with Gasteiger partial charge in [-0.05, 0) is 31.2 Å². The second kappa shape index (κ2) is 6.41. The van der Waals surface area contributed by atoms with Crippen molar-refractivity contribution in [1.82, 2.24) is 9.38 Å². The number of amides is 1. The number of carbonyl (C=O) groups excluding carboxylic acids is 1. The van der Waals surface area contributed by atoms with Crippen LogP contribution in [0.25, 0.3) is 5.65 Å². The molecular formula is C17H15N3O4. The van der Waals surface area contributed by atoms with Crippen LogP contribution in [0.1, 0.15) is 17.3 Å². The lowest BCUT2D eigenvalue weighted by molar-refractivity contribution is 0.102. The average Bonchev–Trinajstić information content (AvgIpc) is 2.57. The molecule has 0 spiro atoms. The van der Waals surface area contributed by atoms with Gasteiger partial charge in [-0.3, -0.25) is 14.0 Å². The molecule has 0 saturated heterocycles.